The maximum Gasteiger partial charge on any atom is 0.419 e. The number of H-pyrrole nitrogens is 1. The first kappa shape index (κ1) is 16.6. The van der Waals surface area contributed by atoms with Gasteiger partial charge in [0.15, 0.2) is 5.69 Å². The van der Waals surface area contributed by atoms with E-state index in [0.29, 0.717) is 11.1 Å². The van der Waals surface area contributed by atoms with Crippen LogP contribution in [0.2, 0.25) is 0 Å². The lowest BCUT2D eigenvalue weighted by atomic mass is 10.00. The molecule has 1 amide bonds. The lowest BCUT2D eigenvalue weighted by Gasteiger charge is -2.10. The van der Waals surface area contributed by atoms with Crippen molar-refractivity contribution in [2.75, 3.05) is 0 Å². The predicted octanol–water partition coefficient (Wildman–Crippen LogP) is 3.40. The Kier molecular flexibility index (Phi) is 3.99. The quantitative estimate of drug-likeness (QED) is 0.710. The largest absolute Gasteiger partial charge is 0.419 e. The number of aromatic amines is 1. The molecule has 3 aromatic rings. The van der Waals surface area contributed by atoms with Gasteiger partial charge in [-0.2, -0.15) is 28.6 Å². The van der Waals surface area contributed by atoms with Crippen LogP contribution in [0.15, 0.2) is 42.5 Å². The van der Waals surface area contributed by atoms with E-state index in [1.54, 1.807) is 12.1 Å². The van der Waals surface area contributed by atoms with Crippen molar-refractivity contribution in [1.29, 1.82) is 0 Å². The smallest absolute Gasteiger partial charge is 0.364 e. The molecule has 0 atom stereocenters. The molecule has 0 saturated heterocycles. The molecule has 3 N–H and O–H groups in total. The van der Waals surface area contributed by atoms with Gasteiger partial charge < -0.3 is 5.73 Å². The maximum atomic E-state index is 13.4. The van der Waals surface area contributed by atoms with E-state index in [1.165, 1.54) is 18.2 Å². The highest BCUT2D eigenvalue weighted by molar-refractivity contribution is 5.96. The normalized spacial score (nSPS) is 11.5. The van der Waals surface area contributed by atoms with Gasteiger partial charge in [0.05, 0.1) is 5.56 Å². The highest BCUT2D eigenvalue weighted by Gasteiger charge is 2.34. The zero-order chi connectivity index (χ0) is 18.2. The van der Waals surface area contributed by atoms with Gasteiger partial charge >= 0.3 is 6.18 Å². The van der Waals surface area contributed by atoms with Crippen LogP contribution in [0.1, 0.15) is 16.1 Å². The van der Waals surface area contributed by atoms with Crippen LogP contribution in [0.5, 0.6) is 0 Å². The van der Waals surface area contributed by atoms with Crippen molar-refractivity contribution in [2.24, 2.45) is 5.73 Å². The van der Waals surface area contributed by atoms with Gasteiger partial charge in [-0.3, -0.25) is 4.79 Å². The van der Waals surface area contributed by atoms with Crippen LogP contribution in [-0.4, -0.2) is 21.3 Å². The van der Waals surface area contributed by atoms with Gasteiger partial charge in [0.25, 0.3) is 5.91 Å². The second-order valence-corrected chi connectivity index (χ2v) is 5.15. The number of primary amides is 1. The standard InChI is InChI=1S/C16H10F4N4O/c17-12-6-5-10(7-11(12)16(18,19)20)8-1-3-9(4-2-8)13-14(15(21)25)23-24-22-13/h1-7H,(H2,21,25)(H,22,23,24). The number of nitrogens with zero attached hydrogens (tertiary/aromatic N) is 2. The fraction of sp³-hybridized carbons (Fsp3) is 0.0625. The summed E-state index contributed by atoms with van der Waals surface area (Å²) in [5, 5.41) is 9.76. The third kappa shape index (κ3) is 3.21. The van der Waals surface area contributed by atoms with Gasteiger partial charge in [-0.05, 0) is 23.3 Å². The number of hydrogen-bond acceptors (Lipinski definition) is 3. The first-order chi connectivity index (χ1) is 11.8. The van der Waals surface area contributed by atoms with Gasteiger partial charge in [-0.15, -0.1) is 0 Å². The summed E-state index contributed by atoms with van der Waals surface area (Å²) in [5.74, 6) is -2.09. The Morgan fingerprint density at radius 3 is 2.16 bits per heavy atom. The summed E-state index contributed by atoms with van der Waals surface area (Å²) in [4.78, 5) is 11.3. The van der Waals surface area contributed by atoms with Gasteiger partial charge in [-0.25, -0.2) is 4.39 Å². The highest BCUT2D eigenvalue weighted by atomic mass is 19.4. The fourth-order valence-electron chi connectivity index (χ4n) is 2.35. The predicted molar refractivity (Wildman–Crippen MR) is 80.7 cm³/mol. The number of carbonyl (C=O) groups excluding carboxylic acids is 1. The maximum absolute atomic E-state index is 13.4. The molecule has 0 aliphatic heterocycles. The minimum absolute atomic E-state index is 0.0473. The van der Waals surface area contributed by atoms with Crippen molar-refractivity contribution >= 4 is 5.91 Å². The molecule has 3 rings (SSSR count). The molecular weight excluding hydrogens is 340 g/mol. The minimum Gasteiger partial charge on any atom is -0.364 e. The molecule has 0 aliphatic carbocycles. The molecule has 0 radical (unpaired) electrons. The number of carbonyl (C=O) groups is 1. The van der Waals surface area contributed by atoms with Crippen molar-refractivity contribution in [3.05, 3.63) is 59.5 Å². The van der Waals surface area contributed by atoms with Crippen molar-refractivity contribution in [3.63, 3.8) is 0 Å². The van der Waals surface area contributed by atoms with Crippen molar-refractivity contribution in [3.8, 4) is 22.4 Å². The third-order valence-electron chi connectivity index (χ3n) is 3.54. The lowest BCUT2D eigenvalue weighted by Crippen LogP contribution is -2.12. The van der Waals surface area contributed by atoms with Crippen molar-refractivity contribution in [1.82, 2.24) is 15.4 Å². The minimum atomic E-state index is -4.78. The van der Waals surface area contributed by atoms with E-state index < -0.39 is 23.5 Å². The van der Waals surface area contributed by atoms with Gasteiger partial charge in [0.2, 0.25) is 0 Å². The summed E-state index contributed by atoms with van der Waals surface area (Å²) in [6, 6.07) is 8.94. The van der Waals surface area contributed by atoms with E-state index in [0.717, 1.165) is 12.1 Å². The van der Waals surface area contributed by atoms with E-state index in [9.17, 15) is 22.4 Å². The van der Waals surface area contributed by atoms with Gasteiger partial charge in [-0.1, -0.05) is 30.3 Å². The highest BCUT2D eigenvalue weighted by Crippen LogP contribution is 2.34. The third-order valence-corrected chi connectivity index (χ3v) is 3.54. The summed E-state index contributed by atoms with van der Waals surface area (Å²) in [6.07, 6.45) is -4.78. The summed E-state index contributed by atoms with van der Waals surface area (Å²) < 4.78 is 51.8. The number of nitrogens with one attached hydrogen (secondary N) is 1. The molecule has 0 spiro atoms. The number of benzene rings is 2. The topological polar surface area (TPSA) is 84.7 Å². The van der Waals surface area contributed by atoms with Crippen LogP contribution in [0.3, 0.4) is 0 Å². The fourth-order valence-corrected chi connectivity index (χ4v) is 2.35. The van der Waals surface area contributed by atoms with Crippen LogP contribution in [-0.2, 0) is 6.18 Å². The number of hydrogen-bond donors (Lipinski definition) is 2. The molecule has 0 aliphatic rings. The van der Waals surface area contributed by atoms with E-state index in [2.05, 4.69) is 15.4 Å². The van der Waals surface area contributed by atoms with Crippen molar-refractivity contribution in [2.45, 2.75) is 6.18 Å². The summed E-state index contributed by atoms with van der Waals surface area (Å²) in [5.41, 5.74) is 5.19. The first-order valence-electron chi connectivity index (χ1n) is 6.95. The first-order valence-corrected chi connectivity index (χ1v) is 6.95. The molecule has 9 heteroatoms. The molecule has 0 fully saturated rings. The zero-order valence-corrected chi connectivity index (χ0v) is 12.4. The molecule has 1 aromatic heterocycles. The van der Waals surface area contributed by atoms with E-state index >= 15 is 0 Å². The Hall–Kier alpha value is -3.23. The molecule has 5 nitrogen and oxygen atoms in total. The number of nitrogens with two attached hydrogens (primary N) is 1. The van der Waals surface area contributed by atoms with Gasteiger partial charge in [0.1, 0.15) is 11.5 Å². The molecular formula is C16H10F4N4O. The molecule has 0 saturated carbocycles. The molecule has 0 bridgehead atoms. The van der Waals surface area contributed by atoms with Crippen LogP contribution >= 0.6 is 0 Å². The lowest BCUT2D eigenvalue weighted by molar-refractivity contribution is -0.139. The number of rotatable bonds is 3. The molecule has 1 heterocycles. The number of halogens is 4. The Balaban J connectivity index is 1.98. The summed E-state index contributed by atoms with van der Waals surface area (Å²) in [6.45, 7) is 0. The molecule has 25 heavy (non-hydrogen) atoms. The summed E-state index contributed by atoms with van der Waals surface area (Å²) >= 11 is 0. The molecule has 128 valence electrons. The zero-order valence-electron chi connectivity index (χ0n) is 12.4. The monoisotopic (exact) mass is 350 g/mol. The average molecular weight is 350 g/mol. The van der Waals surface area contributed by atoms with E-state index in [-0.39, 0.29) is 17.0 Å². The second kappa shape index (κ2) is 6.00. The Morgan fingerprint density at radius 2 is 1.56 bits per heavy atom. The van der Waals surface area contributed by atoms with Crippen LogP contribution in [0.25, 0.3) is 22.4 Å². The second-order valence-electron chi connectivity index (χ2n) is 5.15. The Labute approximate surface area is 138 Å². The Bertz CT molecular complexity index is 932. The molecule has 0 unspecified atom stereocenters. The Morgan fingerprint density at radius 1 is 0.960 bits per heavy atom. The van der Waals surface area contributed by atoms with Crippen LogP contribution in [0.4, 0.5) is 17.6 Å². The number of alkyl halides is 3. The average Bonchev–Trinajstić information content (AvgIpc) is 3.04. The van der Waals surface area contributed by atoms with Crippen LogP contribution < -0.4 is 5.73 Å². The SMILES string of the molecule is NC(=O)c1n[nH]nc1-c1ccc(-c2ccc(F)c(C(F)(F)F)c2)cc1. The van der Waals surface area contributed by atoms with E-state index in [4.69, 9.17) is 5.73 Å². The van der Waals surface area contributed by atoms with E-state index in [1.807, 2.05) is 0 Å². The number of aromatic nitrogens is 3. The summed E-state index contributed by atoms with van der Waals surface area (Å²) in [7, 11) is 0. The van der Waals surface area contributed by atoms with Crippen LogP contribution in [0, 0.1) is 5.82 Å². The van der Waals surface area contributed by atoms with Crippen molar-refractivity contribution < 1.29 is 22.4 Å². The number of amides is 1. The van der Waals surface area contributed by atoms with Gasteiger partial charge in [0, 0.05) is 5.56 Å². The molecule has 2 aromatic carbocycles.